The van der Waals surface area contributed by atoms with Crippen molar-refractivity contribution in [2.75, 3.05) is 0 Å². The van der Waals surface area contributed by atoms with Gasteiger partial charge < -0.3 is 5.73 Å². The molecule has 0 radical (unpaired) electrons. The summed E-state index contributed by atoms with van der Waals surface area (Å²) in [5.74, 6) is -3.86. The Labute approximate surface area is 96.7 Å². The van der Waals surface area contributed by atoms with Gasteiger partial charge in [-0.25, -0.2) is 13.2 Å². The van der Waals surface area contributed by atoms with Crippen LogP contribution in [0.4, 0.5) is 13.2 Å². The Morgan fingerprint density at radius 1 is 0.941 bits per heavy atom. The Kier molecular flexibility index (Phi) is 3.15. The number of hydrogen-bond acceptors (Lipinski definition) is 1. The molecule has 0 saturated heterocycles. The fourth-order valence-corrected chi connectivity index (χ4v) is 1.69. The molecule has 0 aliphatic carbocycles. The van der Waals surface area contributed by atoms with Gasteiger partial charge in [-0.05, 0) is 28.8 Å². The Morgan fingerprint density at radius 2 is 1.53 bits per heavy atom. The zero-order valence-corrected chi connectivity index (χ0v) is 8.88. The van der Waals surface area contributed by atoms with E-state index in [9.17, 15) is 13.2 Å². The second kappa shape index (κ2) is 4.59. The average molecular weight is 237 g/mol. The van der Waals surface area contributed by atoms with Gasteiger partial charge in [0.25, 0.3) is 0 Å². The van der Waals surface area contributed by atoms with Crippen molar-refractivity contribution in [3.63, 3.8) is 0 Å². The standard InChI is InChI=1S/C13H10F3N/c14-11-5-9(6-12(15)13(11)16)10-4-2-1-3-8(10)7-17/h1-6H,7,17H2. The van der Waals surface area contributed by atoms with E-state index in [1.54, 1.807) is 24.3 Å². The summed E-state index contributed by atoms with van der Waals surface area (Å²) in [5.41, 5.74) is 7.16. The van der Waals surface area contributed by atoms with E-state index in [0.29, 0.717) is 5.56 Å². The van der Waals surface area contributed by atoms with Crippen LogP contribution in [0.15, 0.2) is 36.4 Å². The molecule has 2 aromatic rings. The van der Waals surface area contributed by atoms with Crippen molar-refractivity contribution in [2.45, 2.75) is 6.54 Å². The van der Waals surface area contributed by atoms with Gasteiger partial charge in [0.15, 0.2) is 17.5 Å². The van der Waals surface area contributed by atoms with Gasteiger partial charge in [-0.3, -0.25) is 0 Å². The summed E-state index contributed by atoms with van der Waals surface area (Å²) in [6.45, 7) is 0.247. The zero-order chi connectivity index (χ0) is 12.4. The van der Waals surface area contributed by atoms with E-state index in [2.05, 4.69) is 0 Å². The summed E-state index contributed by atoms with van der Waals surface area (Å²) < 4.78 is 39.1. The van der Waals surface area contributed by atoms with Crippen LogP contribution in [0.5, 0.6) is 0 Å². The maximum absolute atomic E-state index is 13.1. The minimum absolute atomic E-state index is 0.247. The lowest BCUT2D eigenvalue weighted by atomic mass is 9.99. The molecule has 0 unspecified atom stereocenters. The van der Waals surface area contributed by atoms with Crippen molar-refractivity contribution in [3.05, 3.63) is 59.4 Å². The topological polar surface area (TPSA) is 26.0 Å². The van der Waals surface area contributed by atoms with Gasteiger partial charge in [0.05, 0.1) is 0 Å². The molecular weight excluding hydrogens is 227 g/mol. The quantitative estimate of drug-likeness (QED) is 0.797. The fourth-order valence-electron chi connectivity index (χ4n) is 1.69. The van der Waals surface area contributed by atoms with Crippen LogP contribution in [0.2, 0.25) is 0 Å². The molecule has 0 bridgehead atoms. The van der Waals surface area contributed by atoms with Crippen LogP contribution in [0.3, 0.4) is 0 Å². The normalized spacial score (nSPS) is 10.6. The van der Waals surface area contributed by atoms with Gasteiger partial charge in [0.2, 0.25) is 0 Å². The Bertz CT molecular complexity index is 529. The number of benzene rings is 2. The zero-order valence-electron chi connectivity index (χ0n) is 8.88. The van der Waals surface area contributed by atoms with E-state index < -0.39 is 17.5 Å². The highest BCUT2D eigenvalue weighted by atomic mass is 19.2. The molecule has 2 aromatic carbocycles. The number of halogens is 3. The van der Waals surface area contributed by atoms with Crippen LogP contribution in [0.1, 0.15) is 5.56 Å². The van der Waals surface area contributed by atoms with E-state index >= 15 is 0 Å². The smallest absolute Gasteiger partial charge is 0.194 e. The fraction of sp³-hybridized carbons (Fsp3) is 0.0769. The van der Waals surface area contributed by atoms with Gasteiger partial charge in [-0.1, -0.05) is 24.3 Å². The van der Waals surface area contributed by atoms with Crippen LogP contribution in [0, 0.1) is 17.5 Å². The molecule has 2 N–H and O–H groups in total. The second-order valence-corrected chi connectivity index (χ2v) is 3.62. The molecule has 0 atom stereocenters. The first kappa shape index (κ1) is 11.7. The molecular formula is C13H10F3N. The average Bonchev–Trinajstić information content (AvgIpc) is 2.35. The van der Waals surface area contributed by atoms with Gasteiger partial charge in [-0.15, -0.1) is 0 Å². The minimum atomic E-state index is -1.46. The van der Waals surface area contributed by atoms with Crippen LogP contribution in [-0.2, 0) is 6.54 Å². The van der Waals surface area contributed by atoms with Gasteiger partial charge in [-0.2, -0.15) is 0 Å². The third-order valence-corrected chi connectivity index (χ3v) is 2.53. The summed E-state index contributed by atoms with van der Waals surface area (Å²) in [6.07, 6.45) is 0. The van der Waals surface area contributed by atoms with Gasteiger partial charge in [0, 0.05) is 6.54 Å². The van der Waals surface area contributed by atoms with Crippen molar-refractivity contribution in [1.29, 1.82) is 0 Å². The third kappa shape index (κ3) is 2.17. The maximum atomic E-state index is 13.1. The van der Waals surface area contributed by atoms with Gasteiger partial charge >= 0.3 is 0 Å². The van der Waals surface area contributed by atoms with E-state index in [1.807, 2.05) is 0 Å². The summed E-state index contributed by atoms with van der Waals surface area (Å²) in [6, 6.07) is 8.89. The number of rotatable bonds is 2. The Morgan fingerprint density at radius 3 is 2.12 bits per heavy atom. The highest BCUT2D eigenvalue weighted by molar-refractivity contribution is 5.67. The minimum Gasteiger partial charge on any atom is -0.326 e. The molecule has 2 rings (SSSR count). The van der Waals surface area contributed by atoms with E-state index in [-0.39, 0.29) is 12.1 Å². The maximum Gasteiger partial charge on any atom is 0.194 e. The monoisotopic (exact) mass is 237 g/mol. The van der Waals surface area contributed by atoms with Crippen LogP contribution in [0.25, 0.3) is 11.1 Å². The third-order valence-electron chi connectivity index (χ3n) is 2.53. The lowest BCUT2D eigenvalue weighted by molar-refractivity contribution is 0.447. The summed E-state index contributed by atoms with van der Waals surface area (Å²) in [5, 5.41) is 0. The first-order valence-electron chi connectivity index (χ1n) is 5.06. The Hall–Kier alpha value is -1.81. The molecule has 0 heterocycles. The first-order chi connectivity index (χ1) is 8.13. The van der Waals surface area contributed by atoms with Gasteiger partial charge in [0.1, 0.15) is 0 Å². The molecule has 0 amide bonds. The molecule has 0 aliphatic heterocycles. The molecule has 0 fully saturated rings. The lowest BCUT2D eigenvalue weighted by Gasteiger charge is -2.08. The molecule has 0 aromatic heterocycles. The van der Waals surface area contributed by atoms with E-state index in [0.717, 1.165) is 17.7 Å². The molecule has 1 nitrogen and oxygen atoms in total. The van der Waals surface area contributed by atoms with Crippen LogP contribution < -0.4 is 5.73 Å². The lowest BCUT2D eigenvalue weighted by Crippen LogP contribution is -2.00. The van der Waals surface area contributed by atoms with Crippen LogP contribution in [-0.4, -0.2) is 0 Å². The molecule has 0 aliphatic rings. The van der Waals surface area contributed by atoms with Crippen molar-refractivity contribution in [2.24, 2.45) is 5.73 Å². The summed E-state index contributed by atoms with van der Waals surface area (Å²) in [4.78, 5) is 0. The van der Waals surface area contributed by atoms with Crippen LogP contribution >= 0.6 is 0 Å². The SMILES string of the molecule is NCc1ccccc1-c1cc(F)c(F)c(F)c1. The highest BCUT2D eigenvalue weighted by Gasteiger charge is 2.12. The van der Waals surface area contributed by atoms with Crippen molar-refractivity contribution in [3.8, 4) is 11.1 Å². The summed E-state index contributed by atoms with van der Waals surface area (Å²) >= 11 is 0. The first-order valence-corrected chi connectivity index (χ1v) is 5.06. The molecule has 4 heteroatoms. The highest BCUT2D eigenvalue weighted by Crippen LogP contribution is 2.26. The largest absolute Gasteiger partial charge is 0.326 e. The Balaban J connectivity index is 2.61. The van der Waals surface area contributed by atoms with Crippen molar-refractivity contribution in [1.82, 2.24) is 0 Å². The van der Waals surface area contributed by atoms with Crippen molar-refractivity contribution < 1.29 is 13.2 Å². The number of hydrogen-bond donors (Lipinski definition) is 1. The van der Waals surface area contributed by atoms with Crippen molar-refractivity contribution >= 4 is 0 Å². The predicted octanol–water partition coefficient (Wildman–Crippen LogP) is 3.23. The summed E-state index contributed by atoms with van der Waals surface area (Å²) in [7, 11) is 0. The molecule has 0 spiro atoms. The number of nitrogens with two attached hydrogens (primary N) is 1. The second-order valence-electron chi connectivity index (χ2n) is 3.62. The predicted molar refractivity (Wildman–Crippen MR) is 59.6 cm³/mol. The molecule has 17 heavy (non-hydrogen) atoms. The van der Waals surface area contributed by atoms with E-state index in [1.165, 1.54) is 0 Å². The van der Waals surface area contributed by atoms with E-state index in [4.69, 9.17) is 5.73 Å². The molecule has 88 valence electrons. The molecule has 0 saturated carbocycles.